The van der Waals surface area contributed by atoms with Crippen molar-refractivity contribution < 1.29 is 24.2 Å². The second kappa shape index (κ2) is 9.79. The Labute approximate surface area is 183 Å². The first-order valence-electron chi connectivity index (χ1n) is 10.4. The fourth-order valence-corrected chi connectivity index (χ4v) is 3.65. The van der Waals surface area contributed by atoms with Gasteiger partial charge in [-0.2, -0.15) is 0 Å². The minimum absolute atomic E-state index is 0.0857. The monoisotopic (exact) mass is 423 g/mol. The van der Waals surface area contributed by atoms with Gasteiger partial charge in [-0.05, 0) is 42.2 Å². The largest absolute Gasteiger partial charge is 0.507 e. The highest BCUT2D eigenvalue weighted by molar-refractivity contribution is 6.46. The van der Waals surface area contributed by atoms with Crippen LogP contribution in [0.2, 0.25) is 0 Å². The first-order chi connectivity index (χ1) is 14.8. The van der Waals surface area contributed by atoms with Crippen molar-refractivity contribution in [3.8, 4) is 5.75 Å². The zero-order valence-corrected chi connectivity index (χ0v) is 18.4. The van der Waals surface area contributed by atoms with Crippen LogP contribution in [-0.4, -0.2) is 48.6 Å². The van der Waals surface area contributed by atoms with Crippen LogP contribution in [0.1, 0.15) is 36.6 Å². The van der Waals surface area contributed by atoms with Crippen LogP contribution in [0.3, 0.4) is 0 Å². The van der Waals surface area contributed by atoms with E-state index in [9.17, 15) is 14.7 Å². The third kappa shape index (κ3) is 4.80. The maximum atomic E-state index is 12.9. The van der Waals surface area contributed by atoms with E-state index in [-0.39, 0.29) is 24.5 Å². The van der Waals surface area contributed by atoms with Crippen molar-refractivity contribution in [1.82, 2.24) is 4.90 Å². The molecule has 31 heavy (non-hydrogen) atoms. The van der Waals surface area contributed by atoms with E-state index in [1.807, 2.05) is 37.3 Å². The van der Waals surface area contributed by atoms with Crippen LogP contribution in [-0.2, 0) is 14.3 Å². The van der Waals surface area contributed by atoms with Gasteiger partial charge >= 0.3 is 0 Å². The summed E-state index contributed by atoms with van der Waals surface area (Å²) >= 11 is 0. The third-order valence-corrected chi connectivity index (χ3v) is 5.21. The Bertz CT molecular complexity index is 981. The maximum absolute atomic E-state index is 12.9. The molecule has 1 aliphatic heterocycles. The van der Waals surface area contributed by atoms with Crippen LogP contribution in [0, 0.1) is 12.8 Å². The van der Waals surface area contributed by atoms with E-state index in [0.29, 0.717) is 18.1 Å². The average Bonchev–Trinajstić information content (AvgIpc) is 3.01. The number of aryl methyl sites for hydroxylation is 1. The molecule has 0 aromatic heterocycles. The molecule has 2 aromatic rings. The minimum atomic E-state index is -0.694. The normalized spacial score (nSPS) is 18.1. The van der Waals surface area contributed by atoms with Crippen LogP contribution >= 0.6 is 0 Å². The molecule has 0 spiro atoms. The lowest BCUT2D eigenvalue weighted by Crippen LogP contribution is -2.32. The molecule has 164 valence electrons. The molecule has 6 heteroatoms. The lowest BCUT2D eigenvalue weighted by Gasteiger charge is -2.25. The van der Waals surface area contributed by atoms with E-state index in [0.717, 1.165) is 16.9 Å². The van der Waals surface area contributed by atoms with E-state index in [2.05, 4.69) is 13.8 Å². The van der Waals surface area contributed by atoms with Gasteiger partial charge in [0.15, 0.2) is 0 Å². The maximum Gasteiger partial charge on any atom is 0.295 e. The molecule has 2 aromatic carbocycles. The number of methoxy groups -OCH3 is 1. The second-order valence-corrected chi connectivity index (χ2v) is 8.08. The lowest BCUT2D eigenvalue weighted by molar-refractivity contribution is -0.140. The highest BCUT2D eigenvalue weighted by Crippen LogP contribution is 2.39. The molecule has 1 fully saturated rings. The Morgan fingerprint density at radius 2 is 1.84 bits per heavy atom. The van der Waals surface area contributed by atoms with Crippen molar-refractivity contribution in [1.29, 1.82) is 0 Å². The number of likely N-dealkylation sites (tertiary alicyclic amines) is 1. The summed E-state index contributed by atoms with van der Waals surface area (Å²) < 4.78 is 10.9. The van der Waals surface area contributed by atoms with Gasteiger partial charge in [0.1, 0.15) is 11.5 Å². The highest BCUT2D eigenvalue weighted by atomic mass is 16.5. The van der Waals surface area contributed by atoms with Crippen molar-refractivity contribution in [2.24, 2.45) is 5.92 Å². The molecule has 1 heterocycles. The summed E-state index contributed by atoms with van der Waals surface area (Å²) in [5.74, 6) is -0.404. The molecular weight excluding hydrogens is 394 g/mol. The number of benzene rings is 2. The quantitative estimate of drug-likeness (QED) is 0.393. The number of hydrogen-bond acceptors (Lipinski definition) is 5. The van der Waals surface area contributed by atoms with E-state index in [4.69, 9.17) is 9.47 Å². The molecular formula is C25H29NO5. The summed E-state index contributed by atoms with van der Waals surface area (Å²) in [7, 11) is 1.54. The van der Waals surface area contributed by atoms with Crippen LogP contribution in [0.25, 0.3) is 5.76 Å². The van der Waals surface area contributed by atoms with E-state index in [1.165, 1.54) is 4.90 Å². The summed E-state index contributed by atoms with van der Waals surface area (Å²) in [6.07, 6.45) is 0. The van der Waals surface area contributed by atoms with Gasteiger partial charge in [-0.25, -0.2) is 0 Å². The van der Waals surface area contributed by atoms with Gasteiger partial charge in [0.2, 0.25) is 0 Å². The van der Waals surface area contributed by atoms with Crippen LogP contribution in [0.4, 0.5) is 0 Å². The Balaban J connectivity index is 2.05. The SMILES string of the molecule is COCCN1C(=O)C(=O)/C(=C(\O)c2ccc(OCC(C)C)c(C)c2)C1c1ccccc1. The predicted octanol–water partition coefficient (Wildman–Crippen LogP) is 4.10. The molecule has 0 aliphatic carbocycles. The summed E-state index contributed by atoms with van der Waals surface area (Å²) in [5, 5.41) is 11.1. The fourth-order valence-electron chi connectivity index (χ4n) is 3.65. The first-order valence-corrected chi connectivity index (χ1v) is 10.4. The molecule has 0 radical (unpaired) electrons. The third-order valence-electron chi connectivity index (χ3n) is 5.21. The topological polar surface area (TPSA) is 76.1 Å². The number of rotatable bonds is 8. The summed E-state index contributed by atoms with van der Waals surface area (Å²) in [5.41, 5.74) is 2.16. The smallest absolute Gasteiger partial charge is 0.295 e. The molecule has 1 atom stereocenters. The highest BCUT2D eigenvalue weighted by Gasteiger charge is 2.45. The number of ketones is 1. The Kier molecular flexibility index (Phi) is 7.13. The van der Waals surface area contributed by atoms with Crippen molar-refractivity contribution in [3.05, 3.63) is 70.8 Å². The van der Waals surface area contributed by atoms with Crippen molar-refractivity contribution in [3.63, 3.8) is 0 Å². The van der Waals surface area contributed by atoms with Crippen molar-refractivity contribution >= 4 is 17.4 Å². The zero-order chi connectivity index (χ0) is 22.5. The molecule has 1 unspecified atom stereocenters. The van der Waals surface area contributed by atoms with Crippen LogP contribution in [0.15, 0.2) is 54.1 Å². The van der Waals surface area contributed by atoms with Crippen molar-refractivity contribution in [2.45, 2.75) is 26.8 Å². The zero-order valence-electron chi connectivity index (χ0n) is 18.4. The average molecular weight is 424 g/mol. The van der Waals surface area contributed by atoms with Gasteiger partial charge in [-0.1, -0.05) is 44.2 Å². The molecule has 0 saturated carbocycles. The molecule has 6 nitrogen and oxygen atoms in total. The second-order valence-electron chi connectivity index (χ2n) is 8.08. The Morgan fingerprint density at radius 1 is 1.13 bits per heavy atom. The number of Topliss-reactive ketones (excluding diaryl/α,β-unsaturated/α-hetero) is 1. The molecule has 1 aliphatic rings. The predicted molar refractivity (Wildman–Crippen MR) is 119 cm³/mol. The standard InChI is InChI=1S/C25H29NO5/c1-16(2)15-31-20-11-10-19(14-17(20)3)23(27)21-22(18-8-6-5-7-9-18)26(12-13-30-4)25(29)24(21)28/h5-11,14,16,22,27H,12-13,15H2,1-4H3/b23-21-. The molecule has 1 N–H and O–H groups in total. The number of hydrogen-bond donors (Lipinski definition) is 1. The number of carbonyl (C=O) groups excluding carboxylic acids is 2. The molecule has 3 rings (SSSR count). The van der Waals surface area contributed by atoms with E-state index in [1.54, 1.807) is 25.3 Å². The number of nitrogens with zero attached hydrogens (tertiary/aromatic N) is 1. The molecule has 1 saturated heterocycles. The Hall–Kier alpha value is -3.12. The fraction of sp³-hybridized carbons (Fsp3) is 0.360. The number of amides is 1. The van der Waals surface area contributed by atoms with Gasteiger partial charge in [-0.3, -0.25) is 9.59 Å². The summed E-state index contributed by atoms with van der Waals surface area (Å²) in [6.45, 7) is 7.16. The van der Waals surface area contributed by atoms with E-state index < -0.39 is 17.7 Å². The van der Waals surface area contributed by atoms with Crippen LogP contribution < -0.4 is 4.74 Å². The minimum Gasteiger partial charge on any atom is -0.507 e. The van der Waals surface area contributed by atoms with Gasteiger partial charge < -0.3 is 19.5 Å². The lowest BCUT2D eigenvalue weighted by atomic mass is 9.95. The number of ether oxygens (including phenoxy) is 2. The van der Waals surface area contributed by atoms with E-state index >= 15 is 0 Å². The summed E-state index contributed by atoms with van der Waals surface area (Å²) in [6, 6.07) is 13.8. The van der Waals surface area contributed by atoms with Crippen LogP contribution in [0.5, 0.6) is 5.75 Å². The van der Waals surface area contributed by atoms with Gasteiger partial charge in [0.25, 0.3) is 11.7 Å². The number of aliphatic hydroxyl groups excluding tert-OH is 1. The number of aliphatic hydroxyl groups is 1. The Morgan fingerprint density at radius 3 is 2.45 bits per heavy atom. The summed E-state index contributed by atoms with van der Waals surface area (Å²) in [4.78, 5) is 27.2. The van der Waals surface area contributed by atoms with Gasteiger partial charge in [-0.15, -0.1) is 0 Å². The molecule has 0 bridgehead atoms. The van der Waals surface area contributed by atoms with Gasteiger partial charge in [0.05, 0.1) is 24.8 Å². The van der Waals surface area contributed by atoms with Crippen molar-refractivity contribution in [2.75, 3.05) is 26.9 Å². The number of carbonyl (C=O) groups is 2. The first kappa shape index (κ1) is 22.6. The molecule has 1 amide bonds. The van der Waals surface area contributed by atoms with Gasteiger partial charge in [0, 0.05) is 19.2 Å².